The number of hydrogen-bond donors (Lipinski definition) is 0. The van der Waals surface area contributed by atoms with Crippen molar-refractivity contribution in [3.05, 3.63) is 17.0 Å². The first kappa shape index (κ1) is 18.0. The summed E-state index contributed by atoms with van der Waals surface area (Å²) in [5, 5.41) is 4.43. The van der Waals surface area contributed by atoms with Gasteiger partial charge in [-0.05, 0) is 46.5 Å². The number of hydrogen-bond acceptors (Lipinski definition) is 3. The summed E-state index contributed by atoms with van der Waals surface area (Å²) in [6.07, 6.45) is 3.84. The number of amides is 2. The van der Waals surface area contributed by atoms with Crippen molar-refractivity contribution in [3.8, 4) is 0 Å². The Morgan fingerprint density at radius 1 is 1.04 bits per heavy atom. The minimum atomic E-state index is -0.181. The van der Waals surface area contributed by atoms with Gasteiger partial charge in [0.05, 0.1) is 11.6 Å². The van der Waals surface area contributed by atoms with Crippen LogP contribution in [-0.4, -0.2) is 57.6 Å². The van der Waals surface area contributed by atoms with Crippen LogP contribution in [0, 0.1) is 19.8 Å². The van der Waals surface area contributed by atoms with Gasteiger partial charge in [-0.1, -0.05) is 0 Å². The lowest BCUT2D eigenvalue weighted by atomic mass is 9.92. The van der Waals surface area contributed by atoms with Crippen molar-refractivity contribution in [2.24, 2.45) is 13.0 Å². The fraction of sp³-hybridized carbons (Fsp3) is 0.737. The molecule has 1 unspecified atom stereocenters. The zero-order valence-electron chi connectivity index (χ0n) is 15.9. The Kier molecular flexibility index (Phi) is 5.16. The summed E-state index contributed by atoms with van der Waals surface area (Å²) in [6.45, 7) is 9.15. The number of aryl methyl sites for hydroxylation is 2. The number of piperidine rings is 1. The van der Waals surface area contributed by atoms with E-state index < -0.39 is 0 Å². The van der Waals surface area contributed by atoms with Crippen LogP contribution in [0.3, 0.4) is 0 Å². The molecule has 0 bridgehead atoms. The molecular weight excluding hydrogens is 316 g/mol. The Balaban J connectivity index is 1.60. The number of carbonyl (C=O) groups excluding carboxylic acids is 2. The van der Waals surface area contributed by atoms with Gasteiger partial charge in [0.2, 0.25) is 11.8 Å². The van der Waals surface area contributed by atoms with E-state index in [-0.39, 0.29) is 17.7 Å². The largest absolute Gasteiger partial charge is 0.342 e. The first-order chi connectivity index (χ1) is 11.9. The van der Waals surface area contributed by atoms with Crippen LogP contribution in [-0.2, 0) is 16.6 Å². The van der Waals surface area contributed by atoms with E-state index >= 15 is 0 Å². The molecule has 6 heteroatoms. The lowest BCUT2D eigenvalue weighted by Crippen LogP contribution is -2.45. The molecule has 0 N–H and O–H groups in total. The molecule has 3 heterocycles. The summed E-state index contributed by atoms with van der Waals surface area (Å²) in [4.78, 5) is 29.4. The second kappa shape index (κ2) is 7.18. The maximum atomic E-state index is 12.9. The molecular formula is C19H30N4O2. The molecule has 2 fully saturated rings. The van der Waals surface area contributed by atoms with Gasteiger partial charge in [-0.3, -0.25) is 14.3 Å². The van der Waals surface area contributed by atoms with Gasteiger partial charge in [0, 0.05) is 50.4 Å². The maximum Gasteiger partial charge on any atom is 0.229 e. The van der Waals surface area contributed by atoms with Crippen molar-refractivity contribution < 1.29 is 9.59 Å². The van der Waals surface area contributed by atoms with Crippen molar-refractivity contribution >= 4 is 11.8 Å². The Bertz CT molecular complexity index is 653. The predicted molar refractivity (Wildman–Crippen MR) is 96.2 cm³/mol. The molecule has 2 aliphatic heterocycles. The lowest BCUT2D eigenvalue weighted by molar-refractivity contribution is -0.140. The molecule has 2 saturated heterocycles. The first-order valence-corrected chi connectivity index (χ1v) is 9.47. The number of carbonyl (C=O) groups is 2. The second-order valence-electron chi connectivity index (χ2n) is 7.56. The molecule has 138 valence electrons. The zero-order chi connectivity index (χ0) is 18.1. The minimum absolute atomic E-state index is 0.0966. The summed E-state index contributed by atoms with van der Waals surface area (Å²) in [7, 11) is 1.92. The molecule has 2 aliphatic rings. The van der Waals surface area contributed by atoms with E-state index in [1.165, 1.54) is 0 Å². The third-order valence-corrected chi connectivity index (χ3v) is 5.94. The highest BCUT2D eigenvalue weighted by molar-refractivity contribution is 5.84. The van der Waals surface area contributed by atoms with Crippen LogP contribution < -0.4 is 0 Å². The SMILES string of the molecule is Cc1nn(C)c(C)c1C(C)C(=O)N1CCC(C(=O)N2CCCC2)CC1. The van der Waals surface area contributed by atoms with E-state index in [1.54, 1.807) is 0 Å². The maximum absolute atomic E-state index is 12.9. The molecule has 25 heavy (non-hydrogen) atoms. The Hall–Kier alpha value is -1.85. The molecule has 1 atom stereocenters. The normalized spacial score (nSPS) is 20.2. The topological polar surface area (TPSA) is 58.4 Å². The van der Waals surface area contributed by atoms with Crippen LogP contribution in [0.4, 0.5) is 0 Å². The average Bonchev–Trinajstić information content (AvgIpc) is 3.22. The summed E-state index contributed by atoms with van der Waals surface area (Å²) in [5.41, 5.74) is 3.03. The van der Waals surface area contributed by atoms with Gasteiger partial charge in [0.1, 0.15) is 0 Å². The summed E-state index contributed by atoms with van der Waals surface area (Å²) in [6, 6.07) is 0. The van der Waals surface area contributed by atoms with Gasteiger partial charge in [-0.25, -0.2) is 0 Å². The molecule has 1 aromatic rings. The molecule has 6 nitrogen and oxygen atoms in total. The highest BCUT2D eigenvalue weighted by Crippen LogP contribution is 2.28. The Labute approximate surface area is 150 Å². The van der Waals surface area contributed by atoms with E-state index in [0.29, 0.717) is 19.0 Å². The van der Waals surface area contributed by atoms with Crippen molar-refractivity contribution in [1.29, 1.82) is 0 Å². The molecule has 2 amide bonds. The molecule has 0 aliphatic carbocycles. The van der Waals surface area contributed by atoms with Crippen LogP contribution in [0.5, 0.6) is 0 Å². The molecule has 0 radical (unpaired) electrons. The Morgan fingerprint density at radius 2 is 1.64 bits per heavy atom. The second-order valence-corrected chi connectivity index (χ2v) is 7.56. The summed E-state index contributed by atoms with van der Waals surface area (Å²) in [5.74, 6) is 0.377. The van der Waals surface area contributed by atoms with Gasteiger partial charge in [0.15, 0.2) is 0 Å². The van der Waals surface area contributed by atoms with Crippen LogP contribution >= 0.6 is 0 Å². The van der Waals surface area contributed by atoms with E-state index in [1.807, 2.05) is 42.3 Å². The van der Waals surface area contributed by atoms with Crippen molar-refractivity contribution in [2.75, 3.05) is 26.2 Å². The van der Waals surface area contributed by atoms with Crippen molar-refractivity contribution in [3.63, 3.8) is 0 Å². The fourth-order valence-corrected chi connectivity index (χ4v) is 4.36. The summed E-state index contributed by atoms with van der Waals surface area (Å²) < 4.78 is 1.84. The van der Waals surface area contributed by atoms with Gasteiger partial charge >= 0.3 is 0 Å². The van der Waals surface area contributed by atoms with Gasteiger partial charge < -0.3 is 9.80 Å². The number of likely N-dealkylation sites (tertiary alicyclic amines) is 2. The van der Waals surface area contributed by atoms with E-state index in [9.17, 15) is 9.59 Å². The fourth-order valence-electron chi connectivity index (χ4n) is 4.36. The molecule has 3 rings (SSSR count). The number of rotatable bonds is 3. The molecule has 0 saturated carbocycles. The van der Waals surface area contributed by atoms with Gasteiger partial charge in [-0.2, -0.15) is 5.10 Å². The van der Waals surface area contributed by atoms with Crippen LogP contribution in [0.2, 0.25) is 0 Å². The zero-order valence-corrected chi connectivity index (χ0v) is 15.9. The quantitative estimate of drug-likeness (QED) is 0.841. The Morgan fingerprint density at radius 3 is 2.16 bits per heavy atom. The van der Waals surface area contributed by atoms with E-state index in [4.69, 9.17) is 0 Å². The van der Waals surface area contributed by atoms with Crippen LogP contribution in [0.15, 0.2) is 0 Å². The first-order valence-electron chi connectivity index (χ1n) is 9.47. The van der Waals surface area contributed by atoms with Crippen molar-refractivity contribution in [1.82, 2.24) is 19.6 Å². The van der Waals surface area contributed by atoms with E-state index in [2.05, 4.69) is 5.10 Å². The standard InChI is InChI=1S/C19H30N4O2/c1-13(17-14(2)20-21(4)15(17)3)18(24)23-11-7-16(8-12-23)19(25)22-9-5-6-10-22/h13,16H,5-12H2,1-4H3. The smallest absolute Gasteiger partial charge is 0.229 e. The van der Waals surface area contributed by atoms with Gasteiger partial charge in [0.25, 0.3) is 0 Å². The van der Waals surface area contributed by atoms with Gasteiger partial charge in [-0.15, -0.1) is 0 Å². The molecule has 0 aromatic carbocycles. The molecule has 1 aromatic heterocycles. The summed E-state index contributed by atoms with van der Waals surface area (Å²) >= 11 is 0. The van der Waals surface area contributed by atoms with E-state index in [0.717, 1.165) is 55.7 Å². The van der Waals surface area contributed by atoms with Crippen molar-refractivity contribution in [2.45, 2.75) is 52.4 Å². The number of aromatic nitrogens is 2. The highest BCUT2D eigenvalue weighted by Gasteiger charge is 2.33. The average molecular weight is 346 g/mol. The third kappa shape index (κ3) is 3.44. The minimum Gasteiger partial charge on any atom is -0.342 e. The van der Waals surface area contributed by atoms with Crippen LogP contribution in [0.1, 0.15) is 55.5 Å². The monoisotopic (exact) mass is 346 g/mol. The highest BCUT2D eigenvalue weighted by atomic mass is 16.2. The molecule has 0 spiro atoms. The number of nitrogens with zero attached hydrogens (tertiary/aromatic N) is 4. The predicted octanol–water partition coefficient (Wildman–Crippen LogP) is 2.00. The van der Waals surface area contributed by atoms with Crippen LogP contribution in [0.25, 0.3) is 0 Å². The lowest BCUT2D eigenvalue weighted by Gasteiger charge is -2.34. The third-order valence-electron chi connectivity index (χ3n) is 5.94.